The summed E-state index contributed by atoms with van der Waals surface area (Å²) in [5, 5.41) is 6.61. The predicted molar refractivity (Wildman–Crippen MR) is 229 cm³/mol. The number of anilines is 3. The van der Waals surface area contributed by atoms with Crippen LogP contribution in [0.1, 0.15) is 0 Å². The smallest absolute Gasteiger partial charge is 0.159 e. The van der Waals surface area contributed by atoms with Crippen LogP contribution in [0.2, 0.25) is 0 Å². The minimum atomic E-state index is 0.830. The summed E-state index contributed by atoms with van der Waals surface area (Å²) >= 11 is 0. The number of hydrogen-bond donors (Lipinski definition) is 0. The van der Waals surface area contributed by atoms with Crippen molar-refractivity contribution in [2.75, 3.05) is 4.90 Å². The molecule has 0 bridgehead atoms. The van der Waals surface area contributed by atoms with Crippen LogP contribution in [-0.2, 0) is 0 Å². The summed E-state index contributed by atoms with van der Waals surface area (Å²) in [5.74, 6) is 0. The van der Waals surface area contributed by atoms with Gasteiger partial charge in [-0.1, -0.05) is 152 Å². The van der Waals surface area contributed by atoms with Crippen molar-refractivity contribution in [2.24, 2.45) is 0 Å². The first-order valence-electron chi connectivity index (χ1n) is 18.7. The van der Waals surface area contributed by atoms with E-state index < -0.39 is 0 Å². The van der Waals surface area contributed by atoms with E-state index >= 15 is 0 Å². The number of rotatable bonds is 6. The molecule has 0 fully saturated rings. The largest absolute Gasteiger partial charge is 0.456 e. The second-order valence-electron chi connectivity index (χ2n) is 14.1. The molecule has 2 heterocycles. The first kappa shape index (κ1) is 31.2. The molecule has 0 spiro atoms. The molecule has 0 saturated carbocycles. The molecule has 0 aliphatic rings. The molecule has 9 aromatic carbocycles. The Morgan fingerprint density at radius 2 is 0.818 bits per heavy atom. The first-order valence-corrected chi connectivity index (χ1v) is 18.7. The second-order valence-corrected chi connectivity index (χ2v) is 14.1. The van der Waals surface area contributed by atoms with Gasteiger partial charge in [0.05, 0.1) is 11.4 Å². The van der Waals surface area contributed by atoms with Crippen molar-refractivity contribution in [3.63, 3.8) is 0 Å². The second kappa shape index (κ2) is 12.6. The molecule has 11 rings (SSSR count). The van der Waals surface area contributed by atoms with E-state index in [-0.39, 0.29) is 0 Å². The molecule has 0 atom stereocenters. The molecule has 0 N–H and O–H groups in total. The van der Waals surface area contributed by atoms with Gasteiger partial charge in [-0.05, 0) is 81.2 Å². The lowest BCUT2D eigenvalue weighted by Crippen LogP contribution is -2.10. The van der Waals surface area contributed by atoms with Crippen LogP contribution in [0.4, 0.5) is 17.1 Å². The van der Waals surface area contributed by atoms with Gasteiger partial charge in [-0.15, -0.1) is 0 Å². The normalized spacial score (nSPS) is 11.6. The number of benzene rings is 9. The fourth-order valence-corrected chi connectivity index (χ4v) is 8.21. The van der Waals surface area contributed by atoms with Crippen molar-refractivity contribution in [1.29, 1.82) is 0 Å². The van der Waals surface area contributed by atoms with Gasteiger partial charge in [0.25, 0.3) is 0 Å². The highest BCUT2D eigenvalue weighted by molar-refractivity contribution is 6.21. The third-order valence-corrected chi connectivity index (χ3v) is 10.9. The molecular formula is C52H33NO2. The summed E-state index contributed by atoms with van der Waals surface area (Å²) < 4.78 is 13.5. The molecule has 0 amide bonds. The van der Waals surface area contributed by atoms with E-state index in [0.717, 1.165) is 77.3 Å². The Labute approximate surface area is 317 Å². The van der Waals surface area contributed by atoms with Gasteiger partial charge in [-0.2, -0.15) is 0 Å². The molecule has 258 valence electrons. The van der Waals surface area contributed by atoms with E-state index in [9.17, 15) is 0 Å². The molecule has 55 heavy (non-hydrogen) atoms. The Morgan fingerprint density at radius 1 is 0.291 bits per heavy atom. The molecule has 3 nitrogen and oxygen atoms in total. The first-order chi connectivity index (χ1) is 27.3. The van der Waals surface area contributed by atoms with Crippen LogP contribution in [-0.4, -0.2) is 0 Å². The Hall–Kier alpha value is -7.36. The summed E-state index contributed by atoms with van der Waals surface area (Å²) in [4.78, 5) is 2.29. The molecule has 2 aromatic heterocycles. The van der Waals surface area contributed by atoms with E-state index in [1.165, 1.54) is 27.8 Å². The van der Waals surface area contributed by atoms with E-state index in [2.05, 4.69) is 193 Å². The fourth-order valence-electron chi connectivity index (χ4n) is 8.21. The highest BCUT2D eigenvalue weighted by atomic mass is 16.3. The van der Waals surface area contributed by atoms with Crippen molar-refractivity contribution >= 4 is 71.7 Å². The zero-order chi connectivity index (χ0) is 36.3. The lowest BCUT2D eigenvalue weighted by Gasteiger charge is -2.25. The minimum absolute atomic E-state index is 0.830. The van der Waals surface area contributed by atoms with Crippen LogP contribution in [0.15, 0.2) is 209 Å². The summed E-state index contributed by atoms with van der Waals surface area (Å²) in [6.07, 6.45) is 0. The number of hydrogen-bond acceptors (Lipinski definition) is 3. The molecule has 11 aromatic rings. The highest BCUT2D eigenvalue weighted by Gasteiger charge is 2.22. The Balaban J connectivity index is 1.11. The fraction of sp³-hybridized carbons (Fsp3) is 0. The summed E-state index contributed by atoms with van der Waals surface area (Å²) in [5.41, 5.74) is 13.5. The molecular weight excluding hydrogens is 671 g/mol. The molecule has 3 heteroatoms. The van der Waals surface area contributed by atoms with Gasteiger partial charge in [0, 0.05) is 38.7 Å². The van der Waals surface area contributed by atoms with Crippen molar-refractivity contribution in [2.45, 2.75) is 0 Å². The van der Waals surface area contributed by atoms with Crippen LogP contribution in [0.3, 0.4) is 0 Å². The SMILES string of the molecule is c1ccc(-c2ccc(-c3cc4c5cccc(N(c6ccc(-c7ccccc7)cc6)c6ccc7c(c6)oc6ccccc67)c5oc4c4ccccc34)cc2)cc1. The number of nitrogens with zero attached hydrogens (tertiary/aromatic N) is 1. The number of fused-ring (bicyclic) bond motifs is 8. The van der Waals surface area contributed by atoms with Gasteiger partial charge >= 0.3 is 0 Å². The third-order valence-electron chi connectivity index (χ3n) is 10.9. The Morgan fingerprint density at radius 3 is 1.55 bits per heavy atom. The lowest BCUT2D eigenvalue weighted by molar-refractivity contribution is 0.668. The van der Waals surface area contributed by atoms with Gasteiger partial charge in [0.2, 0.25) is 0 Å². The van der Waals surface area contributed by atoms with Crippen LogP contribution >= 0.6 is 0 Å². The molecule has 0 unspecified atom stereocenters. The lowest BCUT2D eigenvalue weighted by atomic mass is 9.94. The van der Waals surface area contributed by atoms with Gasteiger partial charge in [-0.25, -0.2) is 0 Å². The summed E-state index contributed by atoms with van der Waals surface area (Å²) in [6, 6.07) is 70.8. The average Bonchev–Trinajstić information content (AvgIpc) is 3.83. The van der Waals surface area contributed by atoms with Crippen molar-refractivity contribution in [3.8, 4) is 33.4 Å². The summed E-state index contributed by atoms with van der Waals surface area (Å²) in [6.45, 7) is 0. The van der Waals surface area contributed by atoms with Gasteiger partial charge in [0.15, 0.2) is 5.58 Å². The number of furan rings is 2. The van der Waals surface area contributed by atoms with E-state index in [1.54, 1.807) is 0 Å². The zero-order valence-corrected chi connectivity index (χ0v) is 29.8. The van der Waals surface area contributed by atoms with Crippen molar-refractivity contribution < 1.29 is 8.83 Å². The van der Waals surface area contributed by atoms with Crippen LogP contribution < -0.4 is 4.90 Å². The quantitative estimate of drug-likeness (QED) is 0.173. The van der Waals surface area contributed by atoms with Gasteiger partial charge in [-0.3, -0.25) is 0 Å². The van der Waals surface area contributed by atoms with E-state index in [1.807, 2.05) is 12.1 Å². The Kier molecular flexibility index (Phi) is 7.17. The maximum Gasteiger partial charge on any atom is 0.159 e. The molecule has 0 saturated heterocycles. The zero-order valence-electron chi connectivity index (χ0n) is 29.8. The maximum absolute atomic E-state index is 7.05. The molecule has 0 radical (unpaired) electrons. The van der Waals surface area contributed by atoms with Gasteiger partial charge < -0.3 is 13.7 Å². The van der Waals surface area contributed by atoms with Crippen LogP contribution in [0.5, 0.6) is 0 Å². The minimum Gasteiger partial charge on any atom is -0.456 e. The Bertz CT molecular complexity index is 3180. The molecule has 0 aliphatic heterocycles. The summed E-state index contributed by atoms with van der Waals surface area (Å²) in [7, 11) is 0. The number of para-hydroxylation sites is 2. The van der Waals surface area contributed by atoms with Crippen LogP contribution in [0.25, 0.3) is 88.0 Å². The highest BCUT2D eigenvalue weighted by Crippen LogP contribution is 2.46. The van der Waals surface area contributed by atoms with Crippen molar-refractivity contribution in [3.05, 3.63) is 200 Å². The predicted octanol–water partition coefficient (Wildman–Crippen LogP) is 15.1. The third kappa shape index (κ3) is 5.20. The van der Waals surface area contributed by atoms with E-state index in [4.69, 9.17) is 8.83 Å². The monoisotopic (exact) mass is 703 g/mol. The average molecular weight is 704 g/mol. The molecule has 0 aliphatic carbocycles. The van der Waals surface area contributed by atoms with Crippen LogP contribution in [0, 0.1) is 0 Å². The maximum atomic E-state index is 7.05. The topological polar surface area (TPSA) is 29.5 Å². The van der Waals surface area contributed by atoms with Gasteiger partial charge in [0.1, 0.15) is 16.7 Å². The standard InChI is InChI=1S/C52H33NO2/c1-3-12-34(13-4-1)36-22-24-38(25-23-36)46-33-47-45-19-11-20-48(52(45)55-51(47)44-18-8-7-16-41(44)46)53(39-28-26-37(27-29-39)35-14-5-2-6-15-35)40-30-31-43-42-17-9-10-21-49(42)54-50(43)32-40/h1-33H. The van der Waals surface area contributed by atoms with E-state index in [0.29, 0.717) is 0 Å². The van der Waals surface area contributed by atoms with Crippen molar-refractivity contribution in [1.82, 2.24) is 0 Å².